The summed E-state index contributed by atoms with van der Waals surface area (Å²) in [7, 11) is -3.38. The summed E-state index contributed by atoms with van der Waals surface area (Å²) in [6.07, 6.45) is 3.04. The fraction of sp³-hybridized carbons (Fsp3) is 0.346. The summed E-state index contributed by atoms with van der Waals surface area (Å²) in [4.78, 5) is 17.6. The highest BCUT2D eigenvalue weighted by Crippen LogP contribution is 2.24. The topological polar surface area (TPSA) is 160 Å². The van der Waals surface area contributed by atoms with E-state index in [2.05, 4.69) is 15.0 Å². The number of nitrogens with one attached hydrogen (secondary N) is 3. The van der Waals surface area contributed by atoms with Gasteiger partial charge in [-0.15, -0.1) is 0 Å². The highest BCUT2D eigenvalue weighted by molar-refractivity contribution is 7.92. The Labute approximate surface area is 221 Å². The predicted molar refractivity (Wildman–Crippen MR) is 148 cm³/mol. The maximum Gasteiger partial charge on any atom is 0.352 e. The first-order valence-corrected chi connectivity index (χ1v) is 14.1. The molecule has 2 atom stereocenters. The molecule has 0 bridgehead atoms. The van der Waals surface area contributed by atoms with Crippen molar-refractivity contribution in [1.29, 1.82) is 5.41 Å². The molecular formula is C26H32N6O5S. The molecule has 0 saturated heterocycles. The van der Waals surface area contributed by atoms with Gasteiger partial charge in [-0.1, -0.05) is 18.2 Å². The number of anilines is 1. The lowest BCUT2D eigenvalue weighted by Gasteiger charge is -2.29. The molecule has 11 nitrogen and oxygen atoms in total. The number of aliphatic hydroxyl groups is 1. The number of aromatic carboxylic acids is 1. The minimum Gasteiger partial charge on any atom is -0.477 e. The van der Waals surface area contributed by atoms with Gasteiger partial charge in [-0.05, 0) is 54.8 Å². The van der Waals surface area contributed by atoms with E-state index in [1.165, 1.54) is 6.34 Å². The Morgan fingerprint density at radius 3 is 2.50 bits per heavy atom. The average Bonchev–Trinajstić information content (AvgIpc) is 3.21. The van der Waals surface area contributed by atoms with Crippen LogP contribution in [0, 0.1) is 5.41 Å². The molecule has 1 aliphatic heterocycles. The van der Waals surface area contributed by atoms with Gasteiger partial charge in [0.25, 0.3) is 0 Å². The number of nitrogens with zero attached hydrogens (tertiary/aromatic N) is 3. The zero-order chi connectivity index (χ0) is 27.4. The number of amidine groups is 1. The number of carbonyl (C=O) groups is 1. The van der Waals surface area contributed by atoms with E-state index in [4.69, 9.17) is 5.41 Å². The number of aliphatic hydroxyl groups excluding tert-OH is 1. The Bertz CT molecular complexity index is 1470. The molecule has 0 saturated carbocycles. The van der Waals surface area contributed by atoms with E-state index in [1.54, 1.807) is 39.8 Å². The van der Waals surface area contributed by atoms with E-state index in [9.17, 15) is 23.4 Å². The molecule has 0 radical (unpaired) electrons. The van der Waals surface area contributed by atoms with Crippen molar-refractivity contribution in [3.8, 4) is 0 Å². The molecule has 202 valence electrons. The smallest absolute Gasteiger partial charge is 0.352 e. The van der Waals surface area contributed by atoms with Crippen molar-refractivity contribution >= 4 is 44.8 Å². The van der Waals surface area contributed by atoms with Crippen LogP contribution in [0.1, 0.15) is 35.0 Å². The number of rotatable bonds is 11. The van der Waals surface area contributed by atoms with E-state index in [-0.39, 0.29) is 11.7 Å². The van der Waals surface area contributed by atoms with Gasteiger partial charge in [0.05, 0.1) is 12.6 Å². The number of hydrogen-bond acceptors (Lipinski definition) is 7. The Morgan fingerprint density at radius 2 is 1.87 bits per heavy atom. The second-order valence-electron chi connectivity index (χ2n) is 9.56. The largest absolute Gasteiger partial charge is 0.477 e. The quantitative estimate of drug-likeness (QED) is 0.249. The first kappa shape index (κ1) is 27.3. The summed E-state index contributed by atoms with van der Waals surface area (Å²) < 4.78 is 27.0. The van der Waals surface area contributed by atoms with Crippen molar-refractivity contribution in [2.45, 2.75) is 38.6 Å². The molecule has 0 spiro atoms. The van der Waals surface area contributed by atoms with Gasteiger partial charge in [-0.25, -0.2) is 18.2 Å². The van der Waals surface area contributed by atoms with Crippen molar-refractivity contribution in [3.63, 3.8) is 0 Å². The van der Waals surface area contributed by atoms with Crippen LogP contribution in [-0.4, -0.2) is 77.9 Å². The fourth-order valence-corrected chi connectivity index (χ4v) is 5.01. The molecule has 12 heteroatoms. The molecule has 1 aromatic heterocycles. The van der Waals surface area contributed by atoms with E-state index in [1.807, 2.05) is 25.1 Å². The predicted octanol–water partition coefficient (Wildman–Crippen LogP) is 2.31. The van der Waals surface area contributed by atoms with E-state index < -0.39 is 22.2 Å². The molecule has 3 aromatic rings. The normalized spacial score (nSPS) is 15.6. The Hall–Kier alpha value is -3.74. The molecule has 2 unspecified atom stereocenters. The molecule has 4 rings (SSSR count). The number of aromatic nitrogens is 1. The van der Waals surface area contributed by atoms with Gasteiger partial charge in [0.2, 0.25) is 10.0 Å². The average molecular weight is 541 g/mol. The van der Waals surface area contributed by atoms with E-state index >= 15 is 0 Å². The van der Waals surface area contributed by atoms with Crippen LogP contribution >= 0.6 is 0 Å². The van der Waals surface area contributed by atoms with Crippen LogP contribution in [0.15, 0.2) is 53.5 Å². The minimum absolute atomic E-state index is 0.0576. The van der Waals surface area contributed by atoms with Crippen LogP contribution in [0.5, 0.6) is 0 Å². The molecule has 2 aromatic carbocycles. The van der Waals surface area contributed by atoms with Crippen LogP contribution in [0.25, 0.3) is 10.9 Å². The lowest BCUT2D eigenvalue weighted by atomic mass is 10.1. The summed E-state index contributed by atoms with van der Waals surface area (Å²) in [6, 6.07) is 14.4. The standard InChI is InChI=1S/C26H32N6O5S/c1-17(28-14-25(33)31-10-9-24(27)29-16-31)11-19-5-8-22-20(12-19)13-23(26(34)35)32(22)15-18-3-6-21(7-4-18)30-38(2,36)37/h3-8,12-13,16-17,25,27-28,30,33H,9-11,14-15H2,1-2H3,(H,34,35). The van der Waals surface area contributed by atoms with Gasteiger partial charge in [-0.3, -0.25) is 10.1 Å². The molecule has 0 fully saturated rings. The van der Waals surface area contributed by atoms with Gasteiger partial charge in [0.1, 0.15) is 17.8 Å². The number of hydrogen-bond donors (Lipinski definition) is 5. The lowest BCUT2D eigenvalue weighted by molar-refractivity contribution is 0.0552. The highest BCUT2D eigenvalue weighted by Gasteiger charge is 2.18. The first-order valence-electron chi connectivity index (χ1n) is 12.2. The van der Waals surface area contributed by atoms with Crippen molar-refractivity contribution in [3.05, 3.63) is 65.4 Å². The monoisotopic (exact) mass is 540 g/mol. The molecule has 1 aliphatic rings. The summed E-state index contributed by atoms with van der Waals surface area (Å²) in [6.45, 7) is 3.24. The maximum absolute atomic E-state index is 12.0. The molecular weight excluding hydrogens is 508 g/mol. The van der Waals surface area contributed by atoms with Crippen LogP contribution in [0.3, 0.4) is 0 Å². The summed E-state index contributed by atoms with van der Waals surface area (Å²) in [5.74, 6) is -0.719. The third-order valence-corrected chi connectivity index (χ3v) is 6.93. The number of carboxylic acid groups (broad SMARTS) is 1. The second-order valence-corrected chi connectivity index (χ2v) is 11.3. The maximum atomic E-state index is 12.0. The SMILES string of the molecule is CC(Cc1ccc2c(c1)cc(C(=O)O)n2Cc1ccc(NS(C)(=O)=O)cc1)NCC(O)N1C=NC(=N)CC1. The number of benzene rings is 2. The Kier molecular flexibility index (Phi) is 8.14. The van der Waals surface area contributed by atoms with Gasteiger partial charge in [0, 0.05) is 48.7 Å². The van der Waals surface area contributed by atoms with Crippen molar-refractivity contribution in [2.24, 2.45) is 4.99 Å². The van der Waals surface area contributed by atoms with Crippen LogP contribution < -0.4 is 10.0 Å². The molecule has 2 heterocycles. The number of carboxylic acids is 1. The third kappa shape index (κ3) is 6.97. The molecule has 0 aliphatic carbocycles. The van der Waals surface area contributed by atoms with Gasteiger partial charge >= 0.3 is 5.97 Å². The summed E-state index contributed by atoms with van der Waals surface area (Å²) in [5.41, 5.74) is 3.26. The van der Waals surface area contributed by atoms with Gasteiger partial charge in [0.15, 0.2) is 0 Å². The number of aliphatic imine (C=N–C) groups is 1. The number of fused-ring (bicyclic) bond motifs is 1. The molecule has 0 amide bonds. The zero-order valence-corrected chi connectivity index (χ0v) is 22.1. The second kappa shape index (κ2) is 11.3. The van der Waals surface area contributed by atoms with Crippen LogP contribution in [0.2, 0.25) is 0 Å². The van der Waals surface area contributed by atoms with Crippen molar-refractivity contribution < 1.29 is 23.4 Å². The Balaban J connectivity index is 1.44. The van der Waals surface area contributed by atoms with Crippen LogP contribution in [0.4, 0.5) is 5.69 Å². The van der Waals surface area contributed by atoms with E-state index in [0.29, 0.717) is 44.0 Å². The van der Waals surface area contributed by atoms with Gasteiger partial charge < -0.3 is 25.0 Å². The van der Waals surface area contributed by atoms with Crippen LogP contribution in [-0.2, 0) is 23.0 Å². The lowest BCUT2D eigenvalue weighted by Crippen LogP contribution is -2.46. The Morgan fingerprint density at radius 1 is 1.16 bits per heavy atom. The van der Waals surface area contributed by atoms with E-state index in [0.717, 1.165) is 28.3 Å². The van der Waals surface area contributed by atoms with Crippen molar-refractivity contribution in [2.75, 3.05) is 24.1 Å². The number of sulfonamides is 1. The fourth-order valence-electron chi connectivity index (χ4n) is 4.45. The molecule has 5 N–H and O–H groups in total. The summed E-state index contributed by atoms with van der Waals surface area (Å²) in [5, 5.41) is 31.9. The zero-order valence-electron chi connectivity index (χ0n) is 21.3. The third-order valence-electron chi connectivity index (χ3n) is 6.33. The minimum atomic E-state index is -3.38. The molecule has 38 heavy (non-hydrogen) atoms. The first-order chi connectivity index (χ1) is 18.0. The highest BCUT2D eigenvalue weighted by atomic mass is 32.2. The summed E-state index contributed by atoms with van der Waals surface area (Å²) >= 11 is 0. The van der Waals surface area contributed by atoms with Crippen molar-refractivity contribution in [1.82, 2.24) is 14.8 Å². The van der Waals surface area contributed by atoms with Gasteiger partial charge in [-0.2, -0.15) is 0 Å².